The Bertz CT molecular complexity index is 51.4. The van der Waals surface area contributed by atoms with E-state index in [4.69, 9.17) is 6.42 Å². The third kappa shape index (κ3) is 3.36. The molecule has 34 valence electrons. The quantitative estimate of drug-likeness (QED) is 0.292. The molecular weight excluding hydrogens is 74.1 g/mol. The Labute approximate surface area is 38.7 Å². The summed E-state index contributed by atoms with van der Waals surface area (Å²) >= 11 is 0. The van der Waals surface area contributed by atoms with E-state index in [2.05, 4.69) is 18.3 Å². The van der Waals surface area contributed by atoms with Gasteiger partial charge in [0.2, 0.25) is 0 Å². The molecule has 0 aliphatic carbocycles. The summed E-state index contributed by atoms with van der Waals surface area (Å²) in [6.07, 6.45) is 5.95. The minimum Gasteiger partial charge on any atom is -0.346 e. The van der Waals surface area contributed by atoms with E-state index in [1.807, 2.05) is 0 Å². The normalized spacial score (nSPS) is 6.67. The Morgan fingerprint density at radius 1 is 1.83 bits per heavy atom. The van der Waals surface area contributed by atoms with E-state index in [1.165, 1.54) is 0 Å². The molecule has 1 nitrogen and oxygen atoms in total. The fraction of sp³-hybridized carbons (Fsp3) is 0.600. The highest BCUT2D eigenvalue weighted by atomic mass is 14.8. The highest BCUT2D eigenvalue weighted by Crippen LogP contribution is 1.63. The molecule has 0 spiro atoms. The molecule has 0 saturated heterocycles. The second-order valence-corrected chi connectivity index (χ2v) is 1.07. The second-order valence-electron chi connectivity index (χ2n) is 1.07. The summed E-state index contributed by atoms with van der Waals surface area (Å²) in [6, 6.07) is 2.32. The Balaban J connectivity index is 2.54. The third-order valence-electron chi connectivity index (χ3n) is 0.477. The van der Waals surface area contributed by atoms with Gasteiger partial charge in [-0.25, -0.2) is 0 Å². The van der Waals surface area contributed by atoms with Gasteiger partial charge in [0.05, 0.1) is 0 Å². The Morgan fingerprint density at radius 2 is 2.50 bits per heavy atom. The van der Waals surface area contributed by atoms with Crippen LogP contribution in [0.15, 0.2) is 0 Å². The average molecular weight is 83.1 g/mol. The van der Waals surface area contributed by atoms with E-state index in [9.17, 15) is 0 Å². The average Bonchev–Trinajstić information content (AvgIpc) is 1.61. The van der Waals surface area contributed by atoms with Crippen LogP contribution < -0.4 is 5.32 Å². The van der Waals surface area contributed by atoms with E-state index in [0.717, 1.165) is 13.0 Å². The maximum absolute atomic E-state index is 4.85. The van der Waals surface area contributed by atoms with Crippen LogP contribution >= 0.6 is 0 Å². The first-order valence-corrected chi connectivity index (χ1v) is 2.10. The van der Waals surface area contributed by atoms with Crippen LogP contribution in [0.25, 0.3) is 0 Å². The van der Waals surface area contributed by atoms with Crippen LogP contribution in [0.5, 0.6) is 0 Å². The summed E-state index contributed by atoms with van der Waals surface area (Å²) in [6.45, 7) is 3.00. The monoisotopic (exact) mass is 83.1 g/mol. The lowest BCUT2D eigenvalue weighted by atomic mass is 10.5. The standard InChI is InChI=1S/C5H9N/c1-3-5-6-4-2/h2,6H,3,5H2,1H3. The molecule has 0 heterocycles. The predicted octanol–water partition coefficient (Wildman–Crippen LogP) is 0.577. The van der Waals surface area contributed by atoms with Crippen molar-refractivity contribution in [1.82, 2.24) is 5.32 Å². The summed E-state index contributed by atoms with van der Waals surface area (Å²) < 4.78 is 0. The highest BCUT2D eigenvalue weighted by molar-refractivity contribution is 4.78. The molecule has 0 amide bonds. The molecule has 0 aliphatic rings. The molecule has 6 heavy (non-hydrogen) atoms. The van der Waals surface area contributed by atoms with Crippen molar-refractivity contribution in [2.45, 2.75) is 13.3 Å². The number of hydrogen-bond acceptors (Lipinski definition) is 1. The predicted molar refractivity (Wildman–Crippen MR) is 27.1 cm³/mol. The van der Waals surface area contributed by atoms with Gasteiger partial charge in [0.15, 0.2) is 0 Å². The summed E-state index contributed by atoms with van der Waals surface area (Å²) in [7, 11) is 0. The second kappa shape index (κ2) is 4.36. The Kier molecular flexibility index (Phi) is 3.89. The fourth-order valence-corrected chi connectivity index (χ4v) is 0.197. The lowest BCUT2D eigenvalue weighted by Crippen LogP contribution is -2.04. The van der Waals surface area contributed by atoms with Gasteiger partial charge in [0.25, 0.3) is 0 Å². The van der Waals surface area contributed by atoms with Crippen molar-refractivity contribution in [2.75, 3.05) is 6.54 Å². The van der Waals surface area contributed by atoms with Gasteiger partial charge < -0.3 is 5.32 Å². The smallest absolute Gasteiger partial charge is 0.0226 e. The van der Waals surface area contributed by atoms with Crippen LogP contribution in [0.3, 0.4) is 0 Å². The summed E-state index contributed by atoms with van der Waals surface area (Å²) in [5, 5.41) is 2.73. The molecule has 0 aromatic rings. The molecule has 0 aliphatic heterocycles. The van der Waals surface area contributed by atoms with Crippen LogP contribution in [0.2, 0.25) is 0 Å². The van der Waals surface area contributed by atoms with Crippen molar-refractivity contribution in [3.05, 3.63) is 0 Å². The van der Waals surface area contributed by atoms with Gasteiger partial charge in [0, 0.05) is 12.6 Å². The number of rotatable bonds is 2. The topological polar surface area (TPSA) is 12.0 Å². The number of hydrogen-bond donors (Lipinski definition) is 1. The summed E-state index contributed by atoms with van der Waals surface area (Å²) in [4.78, 5) is 0. The molecule has 1 heteroatoms. The summed E-state index contributed by atoms with van der Waals surface area (Å²) in [5.74, 6) is 0. The molecule has 0 atom stereocenters. The zero-order valence-corrected chi connectivity index (χ0v) is 3.99. The molecule has 0 unspecified atom stereocenters. The van der Waals surface area contributed by atoms with Crippen molar-refractivity contribution in [2.24, 2.45) is 0 Å². The first-order valence-electron chi connectivity index (χ1n) is 2.10. The maximum atomic E-state index is 4.85. The SMILES string of the molecule is C#CNCCC. The highest BCUT2D eigenvalue weighted by Gasteiger charge is 1.67. The van der Waals surface area contributed by atoms with Crippen molar-refractivity contribution < 1.29 is 0 Å². The van der Waals surface area contributed by atoms with Crippen LogP contribution in [-0.4, -0.2) is 6.54 Å². The van der Waals surface area contributed by atoms with Crippen LogP contribution in [0, 0.1) is 12.5 Å². The first-order chi connectivity index (χ1) is 2.91. The van der Waals surface area contributed by atoms with Crippen molar-refractivity contribution in [3.8, 4) is 12.5 Å². The molecule has 0 fully saturated rings. The number of nitrogens with one attached hydrogen (secondary N) is 1. The lowest BCUT2D eigenvalue weighted by molar-refractivity contribution is 0.830. The van der Waals surface area contributed by atoms with Gasteiger partial charge in [-0.15, -0.1) is 0 Å². The molecule has 0 aromatic heterocycles. The van der Waals surface area contributed by atoms with Crippen LogP contribution in [-0.2, 0) is 0 Å². The van der Waals surface area contributed by atoms with Crippen molar-refractivity contribution >= 4 is 0 Å². The van der Waals surface area contributed by atoms with Gasteiger partial charge in [-0.1, -0.05) is 13.3 Å². The molecule has 0 radical (unpaired) electrons. The van der Waals surface area contributed by atoms with Crippen molar-refractivity contribution in [3.63, 3.8) is 0 Å². The van der Waals surface area contributed by atoms with Crippen LogP contribution in [0.1, 0.15) is 13.3 Å². The fourth-order valence-electron chi connectivity index (χ4n) is 0.197. The van der Waals surface area contributed by atoms with Gasteiger partial charge in [-0.3, -0.25) is 0 Å². The van der Waals surface area contributed by atoms with Gasteiger partial charge in [-0.2, -0.15) is 0 Å². The Morgan fingerprint density at radius 3 is 2.67 bits per heavy atom. The van der Waals surface area contributed by atoms with Gasteiger partial charge in [0.1, 0.15) is 0 Å². The van der Waals surface area contributed by atoms with Crippen molar-refractivity contribution in [1.29, 1.82) is 0 Å². The zero-order valence-electron chi connectivity index (χ0n) is 3.99. The molecule has 0 saturated carbocycles. The van der Waals surface area contributed by atoms with Gasteiger partial charge >= 0.3 is 0 Å². The molecular formula is C5H9N. The van der Waals surface area contributed by atoms with Gasteiger partial charge in [-0.05, 0) is 6.42 Å². The van der Waals surface area contributed by atoms with E-state index in [-0.39, 0.29) is 0 Å². The maximum Gasteiger partial charge on any atom is 0.0226 e. The van der Waals surface area contributed by atoms with E-state index >= 15 is 0 Å². The first kappa shape index (κ1) is 5.36. The third-order valence-corrected chi connectivity index (χ3v) is 0.477. The molecule has 1 N–H and O–H groups in total. The lowest BCUT2D eigenvalue weighted by Gasteiger charge is -1.86. The molecule has 0 bridgehead atoms. The minimum atomic E-state index is 0.927. The summed E-state index contributed by atoms with van der Waals surface area (Å²) in [5.41, 5.74) is 0. The Hall–Kier alpha value is -0.640. The molecule has 0 aromatic carbocycles. The van der Waals surface area contributed by atoms with E-state index in [1.54, 1.807) is 0 Å². The van der Waals surface area contributed by atoms with E-state index in [0.29, 0.717) is 0 Å². The van der Waals surface area contributed by atoms with Crippen LogP contribution in [0.4, 0.5) is 0 Å². The minimum absolute atomic E-state index is 0.927. The number of terminal acetylenes is 1. The zero-order chi connectivity index (χ0) is 4.83. The van der Waals surface area contributed by atoms with E-state index < -0.39 is 0 Å². The largest absolute Gasteiger partial charge is 0.346 e. The molecule has 0 rings (SSSR count).